The molecular weight excluding hydrogens is 314 g/mol. The van der Waals surface area contributed by atoms with Gasteiger partial charge in [0.15, 0.2) is 6.61 Å². The van der Waals surface area contributed by atoms with Crippen LogP contribution in [0.3, 0.4) is 0 Å². The lowest BCUT2D eigenvalue weighted by Crippen LogP contribution is -2.21. The lowest BCUT2D eigenvalue weighted by Gasteiger charge is -2.10. The molecule has 4 nitrogen and oxygen atoms in total. The number of rotatable bonds is 8. The van der Waals surface area contributed by atoms with Crippen LogP contribution in [0.2, 0.25) is 0 Å². The van der Waals surface area contributed by atoms with Crippen molar-refractivity contribution in [3.8, 4) is 0 Å². The van der Waals surface area contributed by atoms with Crippen molar-refractivity contribution in [3.63, 3.8) is 0 Å². The highest BCUT2D eigenvalue weighted by Crippen LogP contribution is 2.20. The monoisotopic (exact) mass is 339 g/mol. The van der Waals surface area contributed by atoms with Crippen molar-refractivity contribution in [1.82, 2.24) is 0 Å². The molecular formula is C21H25NO3. The molecule has 2 rings (SSSR count). The second kappa shape index (κ2) is 9.62. The van der Waals surface area contributed by atoms with Gasteiger partial charge in [-0.05, 0) is 42.0 Å². The number of nitrogens with one attached hydrogen (secondary N) is 1. The Labute approximate surface area is 149 Å². The molecule has 0 heterocycles. The number of benzene rings is 2. The summed E-state index contributed by atoms with van der Waals surface area (Å²) in [6.07, 6.45) is 1.95. The van der Waals surface area contributed by atoms with E-state index in [1.807, 2.05) is 54.6 Å². The summed E-state index contributed by atoms with van der Waals surface area (Å²) < 4.78 is 5.03. The summed E-state index contributed by atoms with van der Waals surface area (Å²) in [5, 5.41) is 2.74. The van der Waals surface area contributed by atoms with Crippen molar-refractivity contribution in [2.75, 3.05) is 11.9 Å². The number of anilines is 1. The first kappa shape index (κ1) is 18.7. The van der Waals surface area contributed by atoms with Crippen LogP contribution < -0.4 is 5.32 Å². The second-order valence-corrected chi connectivity index (χ2v) is 6.13. The maximum Gasteiger partial charge on any atom is 0.306 e. The molecule has 0 fully saturated rings. The van der Waals surface area contributed by atoms with Gasteiger partial charge in [-0.15, -0.1) is 0 Å². The molecule has 2 aromatic carbocycles. The number of amides is 1. The Hall–Kier alpha value is -2.62. The third-order valence-corrected chi connectivity index (χ3v) is 4.20. The third-order valence-electron chi connectivity index (χ3n) is 4.20. The normalized spacial score (nSPS) is 11.6. The molecule has 1 N–H and O–H groups in total. The van der Waals surface area contributed by atoms with E-state index in [9.17, 15) is 9.59 Å². The maximum atomic E-state index is 11.9. The molecule has 0 saturated carbocycles. The molecule has 2 aromatic rings. The van der Waals surface area contributed by atoms with E-state index >= 15 is 0 Å². The van der Waals surface area contributed by atoms with Crippen LogP contribution in [0.4, 0.5) is 5.69 Å². The molecule has 25 heavy (non-hydrogen) atoms. The van der Waals surface area contributed by atoms with Crippen molar-refractivity contribution in [2.45, 2.75) is 39.0 Å². The van der Waals surface area contributed by atoms with Gasteiger partial charge < -0.3 is 10.1 Å². The van der Waals surface area contributed by atoms with Crippen molar-refractivity contribution >= 4 is 17.6 Å². The topological polar surface area (TPSA) is 55.4 Å². The fraction of sp³-hybridized carbons (Fsp3) is 0.333. The second-order valence-electron chi connectivity index (χ2n) is 6.13. The number of ether oxygens (including phenoxy) is 1. The van der Waals surface area contributed by atoms with Crippen molar-refractivity contribution < 1.29 is 14.3 Å². The Kier molecular flexibility index (Phi) is 7.20. The largest absolute Gasteiger partial charge is 0.456 e. The summed E-state index contributed by atoms with van der Waals surface area (Å²) in [6.45, 7) is 4.05. The number of aryl methyl sites for hydroxylation is 1. The molecule has 0 aromatic heterocycles. The minimum atomic E-state index is -0.369. The minimum Gasteiger partial charge on any atom is -0.456 e. The van der Waals surface area contributed by atoms with Gasteiger partial charge in [0.2, 0.25) is 0 Å². The van der Waals surface area contributed by atoms with Gasteiger partial charge in [-0.2, -0.15) is 0 Å². The molecule has 132 valence electrons. The van der Waals surface area contributed by atoms with Crippen molar-refractivity contribution in [1.29, 1.82) is 0 Å². The van der Waals surface area contributed by atoms with E-state index in [-0.39, 0.29) is 24.9 Å². The first-order valence-electron chi connectivity index (χ1n) is 8.68. The number of carbonyl (C=O) groups excluding carboxylic acids is 2. The Morgan fingerprint density at radius 3 is 2.36 bits per heavy atom. The summed E-state index contributed by atoms with van der Waals surface area (Å²) in [5.74, 6) is -0.203. The SMILES string of the molecule is CC[C@@H](C)c1ccc(NC(=O)COC(=O)CCc2ccccc2)cc1. The molecule has 0 unspecified atom stereocenters. The third kappa shape index (κ3) is 6.42. The van der Waals surface area contributed by atoms with Crippen LogP contribution in [0.15, 0.2) is 54.6 Å². The molecule has 1 atom stereocenters. The molecule has 0 aliphatic heterocycles. The van der Waals surface area contributed by atoms with E-state index in [1.54, 1.807) is 0 Å². The van der Waals surface area contributed by atoms with E-state index in [0.29, 0.717) is 18.0 Å². The Morgan fingerprint density at radius 2 is 1.72 bits per heavy atom. The van der Waals surface area contributed by atoms with Gasteiger partial charge in [-0.3, -0.25) is 9.59 Å². The van der Waals surface area contributed by atoms with Gasteiger partial charge >= 0.3 is 5.97 Å². The zero-order chi connectivity index (χ0) is 18.1. The van der Waals surface area contributed by atoms with Gasteiger partial charge in [-0.25, -0.2) is 0 Å². The minimum absolute atomic E-state index is 0.263. The van der Waals surface area contributed by atoms with Crippen molar-refractivity contribution in [3.05, 3.63) is 65.7 Å². The average Bonchev–Trinajstić information content (AvgIpc) is 2.65. The van der Waals surface area contributed by atoms with E-state index in [4.69, 9.17) is 4.74 Å². The fourth-order valence-electron chi connectivity index (χ4n) is 2.44. The van der Waals surface area contributed by atoms with Crippen LogP contribution in [-0.4, -0.2) is 18.5 Å². The number of carbonyl (C=O) groups is 2. The van der Waals surface area contributed by atoms with Crippen LogP contribution in [0.5, 0.6) is 0 Å². The van der Waals surface area contributed by atoms with Gasteiger partial charge in [0, 0.05) is 12.1 Å². The number of hydrogen-bond acceptors (Lipinski definition) is 3. The van der Waals surface area contributed by atoms with Crippen LogP contribution in [0, 0.1) is 0 Å². The fourth-order valence-corrected chi connectivity index (χ4v) is 2.44. The van der Waals surface area contributed by atoms with E-state index in [2.05, 4.69) is 19.2 Å². The molecule has 4 heteroatoms. The quantitative estimate of drug-likeness (QED) is 0.729. The first-order valence-corrected chi connectivity index (χ1v) is 8.68. The Morgan fingerprint density at radius 1 is 1.04 bits per heavy atom. The molecule has 1 amide bonds. The standard InChI is InChI=1S/C21H25NO3/c1-3-16(2)18-10-12-19(13-11-18)22-20(23)15-25-21(24)14-9-17-7-5-4-6-8-17/h4-8,10-13,16H,3,9,14-15H2,1-2H3,(H,22,23)/t16-/m1/s1. The number of hydrogen-bond donors (Lipinski definition) is 1. The van der Waals surface area contributed by atoms with Gasteiger partial charge in [-0.1, -0.05) is 56.3 Å². The average molecular weight is 339 g/mol. The zero-order valence-electron chi connectivity index (χ0n) is 14.8. The highest BCUT2D eigenvalue weighted by atomic mass is 16.5. The predicted molar refractivity (Wildman–Crippen MR) is 99.5 cm³/mol. The zero-order valence-corrected chi connectivity index (χ0v) is 14.8. The highest BCUT2D eigenvalue weighted by Gasteiger charge is 2.09. The van der Waals surface area contributed by atoms with Crippen LogP contribution in [-0.2, 0) is 20.7 Å². The lowest BCUT2D eigenvalue weighted by molar-refractivity contribution is -0.147. The molecule has 0 radical (unpaired) electrons. The van der Waals surface area contributed by atoms with Crippen LogP contribution in [0.1, 0.15) is 43.7 Å². The Balaban J connectivity index is 1.72. The summed E-state index contributed by atoms with van der Waals surface area (Å²) in [4.78, 5) is 23.6. The smallest absolute Gasteiger partial charge is 0.306 e. The summed E-state index contributed by atoms with van der Waals surface area (Å²) in [7, 11) is 0. The van der Waals surface area contributed by atoms with Gasteiger partial charge in [0.25, 0.3) is 5.91 Å². The van der Waals surface area contributed by atoms with Crippen molar-refractivity contribution in [2.24, 2.45) is 0 Å². The summed E-state index contributed by atoms with van der Waals surface area (Å²) in [6, 6.07) is 17.5. The highest BCUT2D eigenvalue weighted by molar-refractivity contribution is 5.92. The molecule has 0 bridgehead atoms. The lowest BCUT2D eigenvalue weighted by atomic mass is 9.99. The molecule has 0 aliphatic carbocycles. The van der Waals surface area contributed by atoms with Gasteiger partial charge in [0.05, 0.1) is 0 Å². The number of esters is 1. The molecule has 0 saturated heterocycles. The molecule has 0 spiro atoms. The van der Waals surface area contributed by atoms with E-state index in [1.165, 1.54) is 5.56 Å². The first-order chi connectivity index (χ1) is 12.1. The molecule has 0 aliphatic rings. The maximum absolute atomic E-state index is 11.9. The predicted octanol–water partition coefficient (Wildman–Crippen LogP) is 4.31. The van der Waals surface area contributed by atoms with Crippen LogP contribution >= 0.6 is 0 Å². The summed E-state index contributed by atoms with van der Waals surface area (Å²) >= 11 is 0. The van der Waals surface area contributed by atoms with Crippen LogP contribution in [0.25, 0.3) is 0 Å². The van der Waals surface area contributed by atoms with E-state index < -0.39 is 0 Å². The summed E-state index contributed by atoms with van der Waals surface area (Å²) in [5.41, 5.74) is 3.02. The Bertz CT molecular complexity index is 680. The van der Waals surface area contributed by atoms with E-state index in [0.717, 1.165) is 12.0 Å². The van der Waals surface area contributed by atoms with Gasteiger partial charge in [0.1, 0.15) is 0 Å².